The van der Waals surface area contributed by atoms with Gasteiger partial charge in [0.2, 0.25) is 11.8 Å². The summed E-state index contributed by atoms with van der Waals surface area (Å²) in [4.78, 5) is 23.8. The lowest BCUT2D eigenvalue weighted by molar-refractivity contribution is -0.141. The van der Waals surface area contributed by atoms with Crippen LogP contribution >= 0.6 is 0 Å². The molecular weight excluding hydrogens is 256 g/mol. The third-order valence-corrected chi connectivity index (χ3v) is 4.00. The van der Waals surface area contributed by atoms with Crippen LogP contribution in [0.15, 0.2) is 30.3 Å². The second kappa shape index (κ2) is 5.25. The van der Waals surface area contributed by atoms with Gasteiger partial charge < -0.3 is 15.4 Å². The fourth-order valence-electron chi connectivity index (χ4n) is 2.72. The topological polar surface area (TPSA) is 67.4 Å². The minimum atomic E-state index is -0.424. The molecule has 0 bridgehead atoms. The minimum absolute atomic E-state index is 0.0463. The van der Waals surface area contributed by atoms with E-state index in [0.717, 1.165) is 5.56 Å². The third kappa shape index (κ3) is 2.41. The predicted octanol–water partition coefficient (Wildman–Crippen LogP) is 0.554. The van der Waals surface area contributed by atoms with Gasteiger partial charge in [-0.1, -0.05) is 30.3 Å². The molecular formula is C15H18N2O3. The smallest absolute Gasteiger partial charge is 0.224 e. The lowest BCUT2D eigenvalue weighted by Crippen LogP contribution is -2.60. The lowest BCUT2D eigenvalue weighted by atomic mass is 9.86. The van der Waals surface area contributed by atoms with Gasteiger partial charge in [0.1, 0.15) is 5.54 Å². The molecule has 0 radical (unpaired) electrons. The molecule has 2 amide bonds. The molecule has 1 aromatic rings. The number of hydrogen-bond donors (Lipinski definition) is 2. The Kier molecular flexibility index (Phi) is 3.44. The highest BCUT2D eigenvalue weighted by atomic mass is 16.5. The van der Waals surface area contributed by atoms with Gasteiger partial charge in [0.15, 0.2) is 0 Å². The normalized spacial score (nSPS) is 24.4. The van der Waals surface area contributed by atoms with Crippen LogP contribution in [0.3, 0.4) is 0 Å². The molecule has 0 aromatic heterocycles. The zero-order chi connectivity index (χ0) is 14.0. The molecule has 1 atom stereocenters. The average Bonchev–Trinajstić information content (AvgIpc) is 2.43. The number of piperidine rings is 1. The van der Waals surface area contributed by atoms with Crippen LogP contribution in [-0.4, -0.2) is 31.6 Å². The van der Waals surface area contributed by atoms with Gasteiger partial charge in [0.05, 0.1) is 13.2 Å². The van der Waals surface area contributed by atoms with Crippen LogP contribution in [0.5, 0.6) is 0 Å². The monoisotopic (exact) mass is 274 g/mol. The Morgan fingerprint density at radius 3 is 2.65 bits per heavy atom. The molecule has 20 heavy (non-hydrogen) atoms. The fourth-order valence-corrected chi connectivity index (χ4v) is 2.72. The maximum atomic E-state index is 12.4. The number of ether oxygens (including phenoxy) is 1. The van der Waals surface area contributed by atoms with Crippen molar-refractivity contribution in [3.8, 4) is 0 Å². The van der Waals surface area contributed by atoms with Crippen molar-refractivity contribution in [2.24, 2.45) is 5.92 Å². The zero-order valence-electron chi connectivity index (χ0n) is 11.2. The lowest BCUT2D eigenvalue weighted by Gasteiger charge is -2.43. The van der Waals surface area contributed by atoms with Crippen molar-refractivity contribution in [3.05, 3.63) is 35.9 Å². The number of hydrogen-bond acceptors (Lipinski definition) is 3. The van der Waals surface area contributed by atoms with E-state index in [0.29, 0.717) is 26.2 Å². The van der Waals surface area contributed by atoms with E-state index >= 15 is 0 Å². The van der Waals surface area contributed by atoms with E-state index in [1.54, 1.807) is 0 Å². The predicted molar refractivity (Wildman–Crippen MR) is 72.8 cm³/mol. The molecule has 2 N–H and O–H groups in total. The molecule has 1 unspecified atom stereocenters. The molecule has 0 saturated carbocycles. The van der Waals surface area contributed by atoms with Crippen molar-refractivity contribution >= 4 is 11.8 Å². The number of carbonyl (C=O) groups excluding carboxylic acids is 2. The molecule has 106 valence electrons. The Balaban J connectivity index is 1.72. The first-order chi connectivity index (χ1) is 9.70. The van der Waals surface area contributed by atoms with Crippen molar-refractivity contribution in [3.63, 3.8) is 0 Å². The van der Waals surface area contributed by atoms with Gasteiger partial charge in [-0.3, -0.25) is 9.59 Å². The average molecular weight is 274 g/mol. The van der Waals surface area contributed by atoms with E-state index in [9.17, 15) is 9.59 Å². The number of carbonyl (C=O) groups is 2. The molecule has 2 aliphatic rings. The quantitative estimate of drug-likeness (QED) is 0.846. The van der Waals surface area contributed by atoms with E-state index in [2.05, 4.69) is 10.6 Å². The van der Waals surface area contributed by atoms with Gasteiger partial charge >= 0.3 is 0 Å². The largest absolute Gasteiger partial charge is 0.376 e. The minimum Gasteiger partial charge on any atom is -0.376 e. The molecule has 0 aliphatic carbocycles. The van der Waals surface area contributed by atoms with Crippen molar-refractivity contribution in [1.82, 2.24) is 10.6 Å². The summed E-state index contributed by atoms with van der Waals surface area (Å²) < 4.78 is 5.31. The van der Waals surface area contributed by atoms with E-state index in [-0.39, 0.29) is 24.2 Å². The summed E-state index contributed by atoms with van der Waals surface area (Å²) in [5, 5.41) is 5.84. The Labute approximate surface area is 117 Å². The molecule has 2 saturated heterocycles. The summed E-state index contributed by atoms with van der Waals surface area (Å²) in [6.07, 6.45) is 0.973. The van der Waals surface area contributed by atoms with Crippen LogP contribution in [0.1, 0.15) is 18.4 Å². The Morgan fingerprint density at radius 1 is 1.30 bits per heavy atom. The van der Waals surface area contributed by atoms with Crippen LogP contribution in [0, 0.1) is 5.92 Å². The van der Waals surface area contributed by atoms with Crippen LogP contribution in [-0.2, 0) is 19.9 Å². The molecule has 5 nitrogen and oxygen atoms in total. The van der Waals surface area contributed by atoms with Crippen molar-refractivity contribution < 1.29 is 14.3 Å². The van der Waals surface area contributed by atoms with Crippen LogP contribution in [0.25, 0.3) is 0 Å². The van der Waals surface area contributed by atoms with Gasteiger partial charge in [-0.15, -0.1) is 0 Å². The second-order valence-corrected chi connectivity index (χ2v) is 5.47. The standard InChI is InChI=1S/C15H18N2O3/c18-13-8-11(6-7-16-13)14(19)17-15(9-20-10-15)12-4-2-1-3-5-12/h1-5,11H,6-10H2,(H,16,18)(H,17,19). The van der Waals surface area contributed by atoms with Gasteiger partial charge in [-0.05, 0) is 12.0 Å². The van der Waals surface area contributed by atoms with E-state index in [1.807, 2.05) is 30.3 Å². The summed E-state index contributed by atoms with van der Waals surface area (Å²) in [5.41, 5.74) is 0.631. The maximum absolute atomic E-state index is 12.4. The Morgan fingerprint density at radius 2 is 2.05 bits per heavy atom. The van der Waals surface area contributed by atoms with E-state index in [4.69, 9.17) is 4.74 Å². The van der Waals surface area contributed by atoms with Crippen LogP contribution < -0.4 is 10.6 Å². The van der Waals surface area contributed by atoms with Crippen LogP contribution in [0.2, 0.25) is 0 Å². The van der Waals surface area contributed by atoms with Gasteiger partial charge in [0.25, 0.3) is 0 Å². The highest BCUT2D eigenvalue weighted by Gasteiger charge is 2.43. The van der Waals surface area contributed by atoms with Crippen molar-refractivity contribution in [2.45, 2.75) is 18.4 Å². The van der Waals surface area contributed by atoms with E-state index in [1.165, 1.54) is 0 Å². The summed E-state index contributed by atoms with van der Waals surface area (Å²) in [6, 6.07) is 9.85. The second-order valence-electron chi connectivity index (χ2n) is 5.47. The third-order valence-electron chi connectivity index (χ3n) is 4.00. The number of benzene rings is 1. The van der Waals surface area contributed by atoms with E-state index < -0.39 is 5.54 Å². The summed E-state index contributed by atoms with van der Waals surface area (Å²) in [5.74, 6) is -0.327. The maximum Gasteiger partial charge on any atom is 0.224 e. The van der Waals surface area contributed by atoms with Crippen molar-refractivity contribution in [1.29, 1.82) is 0 Å². The van der Waals surface area contributed by atoms with Crippen LogP contribution in [0.4, 0.5) is 0 Å². The van der Waals surface area contributed by atoms with Gasteiger partial charge in [-0.25, -0.2) is 0 Å². The number of amides is 2. The molecule has 3 rings (SSSR count). The Hall–Kier alpha value is -1.88. The number of nitrogens with one attached hydrogen (secondary N) is 2. The Bertz CT molecular complexity index is 511. The molecule has 0 spiro atoms. The molecule has 2 aliphatic heterocycles. The summed E-state index contributed by atoms with van der Waals surface area (Å²) in [6.45, 7) is 1.55. The first-order valence-corrected chi connectivity index (χ1v) is 6.92. The highest BCUT2D eigenvalue weighted by Crippen LogP contribution is 2.30. The highest BCUT2D eigenvalue weighted by molar-refractivity contribution is 5.87. The molecule has 1 aromatic carbocycles. The first-order valence-electron chi connectivity index (χ1n) is 6.92. The first kappa shape index (κ1) is 13.1. The molecule has 5 heteroatoms. The molecule has 2 heterocycles. The van der Waals surface area contributed by atoms with Crippen molar-refractivity contribution in [2.75, 3.05) is 19.8 Å². The number of rotatable bonds is 3. The van der Waals surface area contributed by atoms with Gasteiger partial charge in [-0.2, -0.15) is 0 Å². The SMILES string of the molecule is O=C1CC(C(=O)NC2(c3ccccc3)COC2)CCN1. The molecule has 2 fully saturated rings. The fraction of sp³-hybridized carbons (Fsp3) is 0.467. The van der Waals surface area contributed by atoms with Gasteiger partial charge in [0, 0.05) is 18.9 Å². The summed E-state index contributed by atoms with van der Waals surface area (Å²) in [7, 11) is 0. The summed E-state index contributed by atoms with van der Waals surface area (Å²) >= 11 is 0. The zero-order valence-corrected chi connectivity index (χ0v) is 11.2.